The van der Waals surface area contributed by atoms with Crippen molar-refractivity contribution in [2.75, 3.05) is 0 Å². The Labute approximate surface area is 273 Å². The van der Waals surface area contributed by atoms with Crippen LogP contribution in [-0.2, 0) is 26.3 Å². The summed E-state index contributed by atoms with van der Waals surface area (Å²) in [6.07, 6.45) is 3.22. The van der Waals surface area contributed by atoms with Crippen LogP contribution in [0.2, 0.25) is 0 Å². The number of pyridine rings is 1. The van der Waals surface area contributed by atoms with Crippen LogP contribution in [0.1, 0.15) is 84.6 Å². The smallest absolute Gasteiger partial charge is 0.188 e. The van der Waals surface area contributed by atoms with Crippen LogP contribution in [0.3, 0.4) is 0 Å². The fraction of sp³-hybridized carbons (Fsp3) is 0.472. The van der Waals surface area contributed by atoms with Gasteiger partial charge in [0.1, 0.15) is 7.05 Å². The van der Waals surface area contributed by atoms with Crippen LogP contribution < -0.4 is 4.57 Å². The molecule has 4 heteroatoms. The molecule has 0 aliphatic carbocycles. The maximum absolute atomic E-state index is 2.58. The molecule has 0 radical (unpaired) electrons. The number of aryl methyl sites for hydroxylation is 1. The maximum Gasteiger partial charge on any atom is 0.255 e. The molecule has 2 heterocycles. The first-order chi connectivity index (χ1) is 18.3. The quantitative estimate of drug-likeness (QED) is 0.100. The van der Waals surface area contributed by atoms with E-state index in [2.05, 4.69) is 156 Å². The number of rotatable bonds is 3. The maximum atomic E-state index is 2.58. The lowest BCUT2D eigenvalue weighted by molar-refractivity contribution is -0.673. The van der Waals surface area contributed by atoms with E-state index in [1.165, 1.54) is 72.1 Å². The molecule has 0 spiro atoms. The summed E-state index contributed by atoms with van der Waals surface area (Å²) in [6, 6.07) is 12.3. The second-order valence-corrected chi connectivity index (χ2v) is 18.7. The van der Waals surface area contributed by atoms with Gasteiger partial charge >= 0.3 is 0 Å². The van der Waals surface area contributed by atoms with Gasteiger partial charge in [-0.15, -0.1) is 0 Å². The Morgan fingerprint density at radius 3 is 1.90 bits per heavy atom. The van der Waals surface area contributed by atoms with Crippen molar-refractivity contribution < 1.29 is 4.57 Å². The summed E-state index contributed by atoms with van der Waals surface area (Å²) in [5, 5.41) is 5.70. The van der Waals surface area contributed by atoms with Crippen molar-refractivity contribution in [2.45, 2.75) is 98.3 Å². The second kappa shape index (κ2) is 10.4. The van der Waals surface area contributed by atoms with Crippen molar-refractivity contribution in [3.63, 3.8) is 0 Å². The van der Waals surface area contributed by atoms with Crippen molar-refractivity contribution in [2.24, 2.45) is 23.3 Å². The molecular weight excluding hydrogens is 732 g/mol. The van der Waals surface area contributed by atoms with E-state index < -0.39 is 0 Å². The van der Waals surface area contributed by atoms with Gasteiger partial charge in [0.05, 0.1) is 14.5 Å². The number of aromatic nitrogens is 1. The van der Waals surface area contributed by atoms with Crippen LogP contribution in [0.4, 0.5) is 0 Å². The lowest BCUT2D eigenvalue weighted by Crippen LogP contribution is -2.37. The van der Waals surface area contributed by atoms with E-state index in [0.717, 1.165) is 19.3 Å². The number of hydrogen-bond acceptors (Lipinski definition) is 1. The lowest BCUT2D eigenvalue weighted by atomic mass is 9.81. The summed E-state index contributed by atoms with van der Waals surface area (Å²) in [4.78, 5) is 2.89. The fourth-order valence-corrected chi connectivity index (χ4v) is 9.10. The molecule has 0 amide bonds. The molecule has 212 valence electrons. The van der Waals surface area contributed by atoms with Gasteiger partial charge in [0, 0.05) is 37.8 Å². The van der Waals surface area contributed by atoms with Crippen LogP contribution in [0.5, 0.6) is 0 Å². The minimum Gasteiger partial charge on any atom is -0.188 e. The number of hydrogen-bond donors (Lipinski definition) is 0. The number of benzene rings is 3. The van der Waals surface area contributed by atoms with E-state index in [1.807, 2.05) is 11.8 Å². The van der Waals surface area contributed by atoms with Gasteiger partial charge in [-0.3, -0.25) is 0 Å². The molecule has 3 aromatic carbocycles. The standard InChI is InChI=1S/C36H44I2NS/c1-20-24-14-21(17-34(2,3)4)12-13-23(24)26(19-36(8,9)10)32-28(20)31-29-25(30(37)33(38)39(31)11)15-22(16-27(29)40-32)18-35(5,6)7/h12-16H,17-19H2,1-11H3/q+1. The molecule has 1 nitrogen and oxygen atoms in total. The van der Waals surface area contributed by atoms with Crippen LogP contribution in [0, 0.1) is 30.4 Å². The summed E-state index contributed by atoms with van der Waals surface area (Å²) in [5.41, 5.74) is 9.35. The molecule has 0 saturated heterocycles. The molecule has 0 saturated carbocycles. The van der Waals surface area contributed by atoms with E-state index in [1.54, 1.807) is 0 Å². The average molecular weight is 777 g/mol. The molecular formula is C36H44I2NS+. The van der Waals surface area contributed by atoms with Gasteiger partial charge in [-0.25, -0.2) is 0 Å². The molecule has 0 atom stereocenters. The third-order valence-electron chi connectivity index (χ3n) is 7.76. The van der Waals surface area contributed by atoms with Crippen molar-refractivity contribution in [3.05, 3.63) is 59.9 Å². The predicted molar refractivity (Wildman–Crippen MR) is 192 cm³/mol. The van der Waals surface area contributed by atoms with Gasteiger partial charge in [-0.05, 0) is 110 Å². The van der Waals surface area contributed by atoms with Crippen LogP contribution in [-0.4, -0.2) is 0 Å². The highest BCUT2D eigenvalue weighted by molar-refractivity contribution is 14.1. The Kier molecular flexibility index (Phi) is 7.95. The Bertz CT molecular complexity index is 1680. The Morgan fingerprint density at radius 2 is 1.30 bits per heavy atom. The van der Waals surface area contributed by atoms with Crippen molar-refractivity contribution in [3.8, 4) is 11.3 Å². The highest BCUT2D eigenvalue weighted by Crippen LogP contribution is 2.53. The first-order valence-electron chi connectivity index (χ1n) is 14.4. The summed E-state index contributed by atoms with van der Waals surface area (Å²) in [5.74, 6) is 0. The van der Waals surface area contributed by atoms with E-state index in [4.69, 9.17) is 0 Å². The van der Waals surface area contributed by atoms with Crippen molar-refractivity contribution in [1.82, 2.24) is 0 Å². The molecule has 1 aliphatic rings. The Balaban J connectivity index is 1.92. The average Bonchev–Trinajstić information content (AvgIpc) is 2.80. The molecule has 0 unspecified atom stereocenters. The normalized spacial score (nSPS) is 13.8. The van der Waals surface area contributed by atoms with E-state index in [0.29, 0.717) is 0 Å². The topological polar surface area (TPSA) is 3.88 Å². The van der Waals surface area contributed by atoms with E-state index in [-0.39, 0.29) is 16.2 Å². The fourth-order valence-electron chi connectivity index (χ4n) is 6.38. The van der Waals surface area contributed by atoms with Gasteiger partial charge in [-0.1, -0.05) is 92.3 Å². The largest absolute Gasteiger partial charge is 0.255 e. The van der Waals surface area contributed by atoms with Crippen LogP contribution in [0.25, 0.3) is 32.8 Å². The minimum atomic E-state index is 0.187. The van der Waals surface area contributed by atoms with E-state index >= 15 is 0 Å². The van der Waals surface area contributed by atoms with E-state index in [9.17, 15) is 0 Å². The molecule has 0 fully saturated rings. The Hall–Kier alpha value is -0.860. The molecule has 1 aromatic heterocycles. The molecule has 40 heavy (non-hydrogen) atoms. The first kappa shape index (κ1) is 30.6. The third kappa shape index (κ3) is 5.84. The molecule has 5 rings (SSSR count). The zero-order valence-corrected chi connectivity index (χ0v) is 31.3. The second-order valence-electron chi connectivity index (χ2n) is 15.5. The Morgan fingerprint density at radius 1 is 0.725 bits per heavy atom. The van der Waals surface area contributed by atoms with Crippen LogP contribution >= 0.6 is 56.9 Å². The monoisotopic (exact) mass is 776 g/mol. The highest BCUT2D eigenvalue weighted by atomic mass is 127. The number of nitrogens with zero attached hydrogens (tertiary/aromatic N) is 1. The minimum absolute atomic E-state index is 0.187. The van der Waals surface area contributed by atoms with Crippen molar-refractivity contribution >= 4 is 78.5 Å². The van der Waals surface area contributed by atoms with Crippen molar-refractivity contribution in [1.29, 1.82) is 0 Å². The van der Waals surface area contributed by atoms with Gasteiger partial charge in [0.25, 0.3) is 3.70 Å². The number of fused-ring (bicyclic) bond motifs is 3. The third-order valence-corrected chi connectivity index (χ3v) is 12.3. The van der Waals surface area contributed by atoms with Crippen LogP contribution in [0.15, 0.2) is 40.1 Å². The van der Waals surface area contributed by atoms with Gasteiger partial charge in [-0.2, -0.15) is 4.57 Å². The summed E-state index contributed by atoms with van der Waals surface area (Å²) in [7, 11) is 2.27. The lowest BCUT2D eigenvalue weighted by Gasteiger charge is -2.29. The summed E-state index contributed by atoms with van der Waals surface area (Å²) >= 11 is 7.18. The van der Waals surface area contributed by atoms with Gasteiger partial charge < -0.3 is 0 Å². The zero-order valence-electron chi connectivity index (χ0n) is 26.1. The van der Waals surface area contributed by atoms with Gasteiger partial charge in [0.2, 0.25) is 5.69 Å². The molecule has 0 bridgehead atoms. The molecule has 1 aliphatic heterocycles. The molecule has 4 aromatic rings. The summed E-state index contributed by atoms with van der Waals surface area (Å²) < 4.78 is 5.14. The first-order valence-corrected chi connectivity index (χ1v) is 17.4. The summed E-state index contributed by atoms with van der Waals surface area (Å²) in [6.45, 7) is 23.6. The zero-order chi connectivity index (χ0) is 29.5. The van der Waals surface area contributed by atoms with Gasteiger partial charge in [0.15, 0.2) is 0 Å². The SMILES string of the molecule is Cc1c2c(c(CC(C)(C)C)c3ccc(CC(C)(C)C)cc13)Sc1cc(CC(C)(C)C)cc3c(I)c(I)[n+](C)c-2c13. The number of halogens is 2. The molecule has 0 N–H and O–H groups in total. The highest BCUT2D eigenvalue weighted by Gasteiger charge is 2.35. The predicted octanol–water partition coefficient (Wildman–Crippen LogP) is 11.2.